The van der Waals surface area contributed by atoms with Crippen molar-refractivity contribution in [3.05, 3.63) is 84.3 Å². The summed E-state index contributed by atoms with van der Waals surface area (Å²) in [5.41, 5.74) is 1.69. The van der Waals surface area contributed by atoms with Crippen molar-refractivity contribution in [2.45, 2.75) is 18.2 Å². The van der Waals surface area contributed by atoms with Gasteiger partial charge in [0.25, 0.3) is 10.0 Å². The fourth-order valence-electron chi connectivity index (χ4n) is 3.01. The van der Waals surface area contributed by atoms with Crippen molar-refractivity contribution in [3.8, 4) is 17.1 Å². The van der Waals surface area contributed by atoms with Gasteiger partial charge < -0.3 is 9.26 Å². The van der Waals surface area contributed by atoms with Gasteiger partial charge in [-0.3, -0.25) is 9.71 Å². The Balaban J connectivity index is 1.56. The van der Waals surface area contributed by atoms with E-state index < -0.39 is 15.8 Å². The van der Waals surface area contributed by atoms with Crippen LogP contribution in [0.2, 0.25) is 0 Å². The summed E-state index contributed by atoms with van der Waals surface area (Å²) in [6, 6.07) is 13.8. The second kappa shape index (κ2) is 9.15. The van der Waals surface area contributed by atoms with Gasteiger partial charge in [-0.05, 0) is 48.9 Å². The number of hydrogen-bond acceptors (Lipinski definition) is 7. The van der Waals surface area contributed by atoms with Crippen LogP contribution in [-0.4, -0.2) is 30.1 Å². The maximum atomic E-state index is 14.2. The summed E-state index contributed by atoms with van der Waals surface area (Å²) in [5, 5.41) is 3.96. The van der Waals surface area contributed by atoms with E-state index in [1.54, 1.807) is 55.7 Å². The van der Waals surface area contributed by atoms with Crippen molar-refractivity contribution in [1.29, 1.82) is 0 Å². The third-order valence-electron chi connectivity index (χ3n) is 4.52. The van der Waals surface area contributed by atoms with Crippen LogP contribution in [0, 0.1) is 5.82 Å². The van der Waals surface area contributed by atoms with Crippen LogP contribution in [0.15, 0.2) is 76.4 Å². The molecule has 0 radical (unpaired) electrons. The van der Waals surface area contributed by atoms with Crippen LogP contribution in [0.3, 0.4) is 0 Å². The van der Waals surface area contributed by atoms with Gasteiger partial charge in [-0.25, -0.2) is 12.8 Å². The Morgan fingerprint density at radius 2 is 1.88 bits per heavy atom. The molecule has 2 aromatic carbocycles. The normalized spacial score (nSPS) is 11.3. The molecule has 0 bridgehead atoms. The summed E-state index contributed by atoms with van der Waals surface area (Å²) in [7, 11) is -4.04. The lowest BCUT2D eigenvalue weighted by Crippen LogP contribution is -2.15. The smallest absolute Gasteiger partial charge is 0.262 e. The highest BCUT2D eigenvalue weighted by Crippen LogP contribution is 2.26. The van der Waals surface area contributed by atoms with E-state index in [1.165, 1.54) is 12.1 Å². The number of anilines is 1. The zero-order valence-corrected chi connectivity index (χ0v) is 17.8. The molecule has 8 nitrogen and oxygen atoms in total. The minimum Gasteiger partial charge on any atom is -0.491 e. The van der Waals surface area contributed by atoms with Crippen molar-refractivity contribution in [2.75, 3.05) is 11.3 Å². The van der Waals surface area contributed by atoms with Gasteiger partial charge >= 0.3 is 0 Å². The SMILES string of the molecule is CCOc1ccc(S(=O)(=O)Nc2ccccc2Cc2nc(-c3ccncc3)no2)cc1F. The molecule has 0 unspecified atom stereocenters. The number of rotatable bonds is 8. The van der Waals surface area contributed by atoms with E-state index >= 15 is 0 Å². The van der Waals surface area contributed by atoms with Crippen LogP contribution in [0.25, 0.3) is 11.4 Å². The first-order valence-corrected chi connectivity index (χ1v) is 11.2. The van der Waals surface area contributed by atoms with E-state index in [0.717, 1.165) is 11.6 Å². The number of para-hydroxylation sites is 1. The van der Waals surface area contributed by atoms with Gasteiger partial charge in [0.05, 0.1) is 23.6 Å². The van der Waals surface area contributed by atoms with Gasteiger partial charge in [0.1, 0.15) is 0 Å². The first-order chi connectivity index (χ1) is 15.5. The number of halogens is 1. The number of ether oxygens (including phenoxy) is 1. The second-order valence-electron chi connectivity index (χ2n) is 6.71. The summed E-state index contributed by atoms with van der Waals surface area (Å²) in [6.45, 7) is 1.99. The standard InChI is InChI=1S/C22H19FN4O4S/c1-2-30-20-8-7-17(14-18(20)23)32(28,29)27-19-6-4-3-5-16(19)13-21-25-22(26-31-21)15-9-11-24-12-10-15/h3-12,14,27H,2,13H2,1H3. The molecule has 0 saturated heterocycles. The number of hydrogen-bond donors (Lipinski definition) is 1. The molecule has 0 aliphatic carbocycles. The number of nitrogens with one attached hydrogen (secondary N) is 1. The molecule has 4 aromatic rings. The summed E-state index contributed by atoms with van der Waals surface area (Å²) >= 11 is 0. The number of sulfonamides is 1. The summed E-state index contributed by atoms with van der Waals surface area (Å²) in [6.07, 6.45) is 3.45. The molecule has 0 fully saturated rings. The van der Waals surface area contributed by atoms with E-state index in [0.29, 0.717) is 23.0 Å². The van der Waals surface area contributed by atoms with Crippen LogP contribution in [-0.2, 0) is 16.4 Å². The molecular formula is C22H19FN4O4S. The van der Waals surface area contributed by atoms with Crippen molar-refractivity contribution in [1.82, 2.24) is 15.1 Å². The van der Waals surface area contributed by atoms with Crippen LogP contribution in [0.4, 0.5) is 10.1 Å². The van der Waals surface area contributed by atoms with Crippen LogP contribution in [0.5, 0.6) is 5.75 Å². The molecule has 10 heteroatoms. The topological polar surface area (TPSA) is 107 Å². The van der Waals surface area contributed by atoms with Crippen LogP contribution >= 0.6 is 0 Å². The molecule has 0 amide bonds. The first-order valence-electron chi connectivity index (χ1n) is 9.72. The Kier molecular flexibility index (Phi) is 6.13. The maximum Gasteiger partial charge on any atom is 0.262 e. The zero-order chi connectivity index (χ0) is 22.6. The van der Waals surface area contributed by atoms with Gasteiger partial charge in [-0.1, -0.05) is 23.4 Å². The number of pyridine rings is 1. The predicted octanol–water partition coefficient (Wildman–Crippen LogP) is 4.06. The Bertz CT molecular complexity index is 1330. The van der Waals surface area contributed by atoms with E-state index in [-0.39, 0.29) is 23.7 Å². The van der Waals surface area contributed by atoms with E-state index in [4.69, 9.17) is 9.26 Å². The van der Waals surface area contributed by atoms with Crippen LogP contribution < -0.4 is 9.46 Å². The Morgan fingerprint density at radius 1 is 1.09 bits per heavy atom. The third kappa shape index (κ3) is 4.75. The number of benzene rings is 2. The Labute approximate surface area is 184 Å². The molecule has 32 heavy (non-hydrogen) atoms. The van der Waals surface area contributed by atoms with Crippen molar-refractivity contribution >= 4 is 15.7 Å². The molecule has 2 aromatic heterocycles. The molecule has 0 saturated carbocycles. The molecule has 4 rings (SSSR count). The van der Waals surface area contributed by atoms with Gasteiger partial charge in [-0.15, -0.1) is 0 Å². The molecule has 0 spiro atoms. The summed E-state index contributed by atoms with van der Waals surface area (Å²) in [4.78, 5) is 8.10. The first kappa shape index (κ1) is 21.4. The van der Waals surface area contributed by atoms with Gasteiger partial charge in [-0.2, -0.15) is 4.98 Å². The number of nitrogens with zero attached hydrogens (tertiary/aromatic N) is 3. The minimum atomic E-state index is -4.04. The average molecular weight is 454 g/mol. The predicted molar refractivity (Wildman–Crippen MR) is 115 cm³/mol. The Morgan fingerprint density at radius 3 is 2.62 bits per heavy atom. The fourth-order valence-corrected chi connectivity index (χ4v) is 4.12. The quantitative estimate of drug-likeness (QED) is 0.428. The zero-order valence-electron chi connectivity index (χ0n) is 17.0. The third-order valence-corrected chi connectivity index (χ3v) is 5.89. The fraction of sp³-hybridized carbons (Fsp3) is 0.136. The van der Waals surface area contributed by atoms with Gasteiger partial charge in [0, 0.05) is 18.0 Å². The highest BCUT2D eigenvalue weighted by Gasteiger charge is 2.19. The average Bonchev–Trinajstić information content (AvgIpc) is 3.26. The van der Waals surface area contributed by atoms with Crippen molar-refractivity contribution in [3.63, 3.8) is 0 Å². The molecule has 2 heterocycles. The molecular weight excluding hydrogens is 435 g/mol. The van der Waals surface area contributed by atoms with Crippen molar-refractivity contribution in [2.24, 2.45) is 0 Å². The second-order valence-corrected chi connectivity index (χ2v) is 8.39. The molecule has 0 atom stereocenters. The number of aromatic nitrogens is 3. The van der Waals surface area contributed by atoms with Gasteiger partial charge in [0.15, 0.2) is 11.6 Å². The van der Waals surface area contributed by atoms with E-state index in [9.17, 15) is 12.8 Å². The molecule has 0 aliphatic rings. The maximum absolute atomic E-state index is 14.2. The monoisotopic (exact) mass is 454 g/mol. The summed E-state index contributed by atoms with van der Waals surface area (Å²) < 4.78 is 52.8. The molecule has 164 valence electrons. The Hall–Kier alpha value is -3.79. The lowest BCUT2D eigenvalue weighted by atomic mass is 10.1. The largest absolute Gasteiger partial charge is 0.491 e. The molecule has 1 N–H and O–H groups in total. The minimum absolute atomic E-state index is 0.00625. The van der Waals surface area contributed by atoms with E-state index in [1.807, 2.05) is 0 Å². The lowest BCUT2D eigenvalue weighted by Gasteiger charge is -2.12. The van der Waals surface area contributed by atoms with E-state index in [2.05, 4.69) is 19.8 Å². The summed E-state index contributed by atoms with van der Waals surface area (Å²) in [5.74, 6) is -0.0355. The highest BCUT2D eigenvalue weighted by molar-refractivity contribution is 7.92. The highest BCUT2D eigenvalue weighted by atomic mass is 32.2. The molecule has 0 aliphatic heterocycles. The van der Waals surface area contributed by atoms with Gasteiger partial charge in [0.2, 0.25) is 11.7 Å². The lowest BCUT2D eigenvalue weighted by molar-refractivity contribution is 0.321. The van der Waals surface area contributed by atoms with Crippen LogP contribution in [0.1, 0.15) is 18.4 Å². The van der Waals surface area contributed by atoms with Crippen molar-refractivity contribution < 1.29 is 22.1 Å².